The van der Waals surface area contributed by atoms with E-state index in [0.29, 0.717) is 24.3 Å². The van der Waals surface area contributed by atoms with E-state index in [1.807, 2.05) is 0 Å². The van der Waals surface area contributed by atoms with Gasteiger partial charge in [0.25, 0.3) is 0 Å². The summed E-state index contributed by atoms with van der Waals surface area (Å²) in [6.45, 7) is 9.04. The molecular formula is C25H48N6O2+2. The molecule has 1 saturated carbocycles. The molecule has 5 heterocycles. The molecule has 6 fully saturated rings. The number of fused-ring (bicyclic) bond motifs is 1. The van der Waals surface area contributed by atoms with Gasteiger partial charge in [0.05, 0.1) is 39.0 Å². The van der Waals surface area contributed by atoms with Crippen molar-refractivity contribution in [3.63, 3.8) is 0 Å². The van der Waals surface area contributed by atoms with Gasteiger partial charge in [0.15, 0.2) is 6.23 Å². The molecule has 8 heteroatoms. The third kappa shape index (κ3) is 5.28. The number of nitrogens with one attached hydrogen (secondary N) is 4. The summed E-state index contributed by atoms with van der Waals surface area (Å²) in [7, 11) is 0. The van der Waals surface area contributed by atoms with Crippen molar-refractivity contribution in [2.75, 3.05) is 52.5 Å². The number of hydrogen-bond acceptors (Lipinski definition) is 6. The fourth-order valence-corrected chi connectivity index (χ4v) is 7.99. The molecule has 1 aliphatic carbocycles. The third-order valence-corrected chi connectivity index (χ3v) is 9.86. The molecule has 0 radical (unpaired) electrons. The van der Waals surface area contributed by atoms with Gasteiger partial charge in [-0.25, -0.2) is 4.90 Å². The Balaban J connectivity index is 0.972. The lowest BCUT2D eigenvalue weighted by Crippen LogP contribution is -3.16. The van der Waals surface area contributed by atoms with Gasteiger partial charge in [-0.05, 0) is 31.6 Å². The van der Waals surface area contributed by atoms with Gasteiger partial charge in [-0.2, -0.15) is 5.48 Å². The molecule has 0 amide bonds. The Morgan fingerprint density at radius 1 is 0.970 bits per heavy atom. The highest BCUT2D eigenvalue weighted by Gasteiger charge is 2.45. The molecule has 188 valence electrons. The second-order valence-corrected chi connectivity index (χ2v) is 11.8. The zero-order valence-corrected chi connectivity index (χ0v) is 20.5. The monoisotopic (exact) mass is 464 g/mol. The van der Waals surface area contributed by atoms with Crippen molar-refractivity contribution in [2.24, 2.45) is 17.8 Å². The minimum atomic E-state index is 0.170. The van der Waals surface area contributed by atoms with E-state index in [1.165, 1.54) is 84.0 Å². The second-order valence-electron chi connectivity index (χ2n) is 11.8. The van der Waals surface area contributed by atoms with E-state index in [4.69, 9.17) is 9.57 Å². The number of piperidine rings is 2. The Morgan fingerprint density at radius 3 is 2.76 bits per heavy atom. The van der Waals surface area contributed by atoms with E-state index in [0.717, 1.165) is 44.2 Å². The standard InChI is InChI=1S/C25H46N6O2/c1-2-5-21-19(4-1)14-18(15-26-21)17-31-9-3-6-22(31)25-28-24(29-33-25)20-7-8-23(27-16-20)30-10-12-32-13-11-30/h18-29H,1-17H2/p+2/t18?,19?,20?,21?,22-,23?,24?,25?/m0/s1. The topological polar surface area (TPSA) is 78.8 Å². The maximum Gasteiger partial charge on any atom is 0.183 e. The highest BCUT2D eigenvalue weighted by Crippen LogP contribution is 2.32. The van der Waals surface area contributed by atoms with Crippen LogP contribution in [0.2, 0.25) is 0 Å². The second kappa shape index (κ2) is 10.7. The van der Waals surface area contributed by atoms with Crippen LogP contribution in [-0.2, 0) is 9.57 Å². The molecular weight excluding hydrogens is 416 g/mol. The summed E-state index contributed by atoms with van der Waals surface area (Å²) in [5.41, 5.74) is 3.42. The number of morpholine rings is 1. The quantitative estimate of drug-likeness (QED) is 0.345. The largest absolute Gasteiger partial charge is 0.379 e. The summed E-state index contributed by atoms with van der Waals surface area (Å²) in [5.74, 6) is 2.42. The van der Waals surface area contributed by atoms with Crippen LogP contribution in [0.1, 0.15) is 57.8 Å². The molecule has 0 aromatic rings. The molecule has 9 atom stereocenters. The van der Waals surface area contributed by atoms with Gasteiger partial charge in [0.1, 0.15) is 12.2 Å². The Kier molecular flexibility index (Phi) is 7.52. The van der Waals surface area contributed by atoms with Crippen LogP contribution in [-0.4, -0.2) is 88.0 Å². The zero-order valence-electron chi connectivity index (χ0n) is 20.5. The van der Waals surface area contributed by atoms with Gasteiger partial charge in [0, 0.05) is 56.8 Å². The van der Waals surface area contributed by atoms with E-state index in [9.17, 15) is 0 Å². The average molecular weight is 465 g/mol. The summed E-state index contributed by atoms with van der Waals surface area (Å²) in [4.78, 5) is 10.6. The number of ether oxygens (including phenoxy) is 1. The molecule has 6 N–H and O–H groups in total. The number of nitrogens with two attached hydrogens (primary N) is 1. The zero-order chi connectivity index (χ0) is 22.0. The molecule has 33 heavy (non-hydrogen) atoms. The van der Waals surface area contributed by atoms with Gasteiger partial charge in [-0.15, -0.1) is 0 Å². The van der Waals surface area contributed by atoms with Crippen molar-refractivity contribution in [1.82, 2.24) is 21.0 Å². The molecule has 0 spiro atoms. The maximum absolute atomic E-state index is 6.21. The predicted molar refractivity (Wildman–Crippen MR) is 126 cm³/mol. The summed E-state index contributed by atoms with van der Waals surface area (Å²) in [5, 5.41) is 10.4. The normalized spacial score (nSPS) is 47.5. The number of quaternary nitrogens is 2. The van der Waals surface area contributed by atoms with Crippen LogP contribution >= 0.6 is 0 Å². The van der Waals surface area contributed by atoms with Crippen molar-refractivity contribution in [2.45, 2.75) is 88.4 Å². The smallest absolute Gasteiger partial charge is 0.183 e. The number of likely N-dealkylation sites (tertiary alicyclic amines) is 1. The highest BCUT2D eigenvalue weighted by atomic mass is 16.7. The number of rotatable bonds is 5. The lowest BCUT2D eigenvalue weighted by atomic mass is 9.76. The number of nitrogens with zero attached hydrogens (tertiary/aromatic N) is 1. The van der Waals surface area contributed by atoms with E-state index < -0.39 is 0 Å². The molecule has 8 nitrogen and oxygen atoms in total. The summed E-state index contributed by atoms with van der Waals surface area (Å²) >= 11 is 0. The van der Waals surface area contributed by atoms with Crippen LogP contribution in [0.15, 0.2) is 0 Å². The number of hydrogen-bond donors (Lipinski definition) is 5. The van der Waals surface area contributed by atoms with Crippen molar-refractivity contribution >= 4 is 0 Å². The van der Waals surface area contributed by atoms with E-state index >= 15 is 0 Å². The summed E-state index contributed by atoms with van der Waals surface area (Å²) in [6, 6.07) is 1.42. The minimum absolute atomic E-state index is 0.170. The molecule has 6 rings (SSSR count). The lowest BCUT2D eigenvalue weighted by Gasteiger charge is -2.41. The predicted octanol–water partition coefficient (Wildman–Crippen LogP) is -1.39. The summed E-state index contributed by atoms with van der Waals surface area (Å²) < 4.78 is 5.54. The lowest BCUT2D eigenvalue weighted by molar-refractivity contribution is -0.919. The summed E-state index contributed by atoms with van der Waals surface area (Å²) in [6.07, 6.45) is 13.5. The molecule has 5 saturated heterocycles. The number of hydroxylamine groups is 1. The first kappa shape index (κ1) is 23.1. The van der Waals surface area contributed by atoms with Crippen LogP contribution in [0, 0.1) is 17.8 Å². The van der Waals surface area contributed by atoms with Crippen molar-refractivity contribution < 1.29 is 19.8 Å². The molecule has 0 bridgehead atoms. The van der Waals surface area contributed by atoms with Crippen molar-refractivity contribution in [3.8, 4) is 0 Å². The van der Waals surface area contributed by atoms with E-state index in [-0.39, 0.29) is 6.23 Å². The van der Waals surface area contributed by atoms with Gasteiger partial charge in [-0.1, -0.05) is 12.8 Å². The maximum atomic E-state index is 6.21. The van der Waals surface area contributed by atoms with Gasteiger partial charge in [0.2, 0.25) is 0 Å². The first-order valence-corrected chi connectivity index (χ1v) is 14.2. The van der Waals surface area contributed by atoms with Gasteiger partial charge < -0.3 is 20.3 Å². The highest BCUT2D eigenvalue weighted by molar-refractivity contribution is 4.89. The molecule has 0 aromatic carbocycles. The minimum Gasteiger partial charge on any atom is -0.379 e. The fourth-order valence-electron chi connectivity index (χ4n) is 7.99. The molecule has 0 aromatic heterocycles. The fraction of sp³-hybridized carbons (Fsp3) is 1.00. The van der Waals surface area contributed by atoms with Crippen LogP contribution < -0.4 is 26.3 Å². The SMILES string of the molecule is C1CCC2NCC(C[NH+]3CCC[C@H]3C3NC(C4CCC(N5CCOCC5)[NH2+]C4)NO3)CC2C1. The van der Waals surface area contributed by atoms with Crippen LogP contribution in [0.4, 0.5) is 0 Å². The Bertz CT molecular complexity index is 626. The average Bonchev–Trinajstić information content (AvgIpc) is 3.54. The van der Waals surface area contributed by atoms with Gasteiger partial charge in [-0.3, -0.25) is 10.2 Å². The third-order valence-electron chi connectivity index (χ3n) is 9.86. The molecule has 5 aliphatic heterocycles. The first-order chi connectivity index (χ1) is 16.3. The Morgan fingerprint density at radius 2 is 1.88 bits per heavy atom. The van der Waals surface area contributed by atoms with Crippen LogP contribution in [0.5, 0.6) is 0 Å². The Labute approximate surface area is 199 Å². The first-order valence-electron chi connectivity index (χ1n) is 14.2. The van der Waals surface area contributed by atoms with Crippen molar-refractivity contribution in [1.29, 1.82) is 0 Å². The Hall–Kier alpha value is -0.320. The van der Waals surface area contributed by atoms with Gasteiger partial charge >= 0.3 is 0 Å². The molecule has 6 aliphatic rings. The van der Waals surface area contributed by atoms with E-state index in [2.05, 4.69) is 26.3 Å². The van der Waals surface area contributed by atoms with Crippen LogP contribution in [0.25, 0.3) is 0 Å². The van der Waals surface area contributed by atoms with Crippen molar-refractivity contribution in [3.05, 3.63) is 0 Å². The van der Waals surface area contributed by atoms with Crippen LogP contribution in [0.3, 0.4) is 0 Å². The van der Waals surface area contributed by atoms with E-state index in [1.54, 1.807) is 4.90 Å². The molecule has 8 unspecified atom stereocenters.